The Balaban J connectivity index is 1.44. The van der Waals surface area contributed by atoms with Crippen molar-refractivity contribution in [3.05, 3.63) is 52.1 Å². The topological polar surface area (TPSA) is 197 Å². The molecule has 2 aliphatic heterocycles. The van der Waals surface area contributed by atoms with Crippen molar-refractivity contribution in [2.45, 2.75) is 71.0 Å². The molecule has 4 heterocycles. The predicted octanol–water partition coefficient (Wildman–Crippen LogP) is 1.45. The average Bonchev–Trinajstić information content (AvgIpc) is 3.80. The van der Waals surface area contributed by atoms with E-state index in [4.69, 9.17) is 0 Å². The summed E-state index contributed by atoms with van der Waals surface area (Å²) in [7, 11) is 2.98. The average molecular weight is 778 g/mol. The van der Waals surface area contributed by atoms with E-state index in [1.54, 1.807) is 11.6 Å². The number of nitrogens with zero attached hydrogens (tertiary/aromatic N) is 5. The van der Waals surface area contributed by atoms with Gasteiger partial charge in [0, 0.05) is 69.1 Å². The van der Waals surface area contributed by atoms with Crippen LogP contribution in [0.1, 0.15) is 73.6 Å². The van der Waals surface area contributed by atoms with Gasteiger partial charge in [-0.25, -0.2) is 4.98 Å². The number of likely N-dealkylation sites (N-methyl/N-ethyl adjacent to an activating group) is 2. The number of hydrogen-bond acceptors (Lipinski definition) is 9. The number of carbonyl (C=O) groups is 7. The lowest BCUT2D eigenvalue weighted by Gasteiger charge is -2.31. The number of aromatic nitrogens is 2. The summed E-state index contributed by atoms with van der Waals surface area (Å²) in [6, 6.07) is 4.93. The van der Waals surface area contributed by atoms with Crippen LogP contribution in [0.25, 0.3) is 10.9 Å². The second-order valence-electron chi connectivity index (χ2n) is 14.7. The Bertz CT molecular complexity index is 1910. The monoisotopic (exact) mass is 777 g/mol. The number of nitrogens with one attached hydrogen (secondary N) is 4. The van der Waals surface area contributed by atoms with Crippen molar-refractivity contribution < 1.29 is 33.6 Å². The molecule has 1 aromatic carbocycles. The number of benzene rings is 1. The summed E-state index contributed by atoms with van der Waals surface area (Å²) < 4.78 is 0. The number of fused-ring (bicyclic) bond motifs is 3. The van der Waals surface area contributed by atoms with Crippen LogP contribution in [0.15, 0.2) is 35.8 Å². The van der Waals surface area contributed by atoms with Gasteiger partial charge < -0.3 is 40.5 Å². The third kappa shape index (κ3) is 10.7. The highest BCUT2D eigenvalue weighted by Crippen LogP contribution is 2.25. The van der Waals surface area contributed by atoms with Crippen molar-refractivity contribution in [2.24, 2.45) is 5.92 Å². The van der Waals surface area contributed by atoms with E-state index in [-0.39, 0.29) is 56.7 Å². The first-order chi connectivity index (χ1) is 26.2. The lowest BCUT2D eigenvalue weighted by atomic mass is 10.0. The molecule has 1 saturated heterocycles. The zero-order valence-electron chi connectivity index (χ0n) is 32.1. The van der Waals surface area contributed by atoms with Crippen LogP contribution in [-0.2, 0) is 35.2 Å². The standard InChI is InChI=1S/C38H51N9O7S/c1-23(2)16-28-36-43-30(22-55-36)35(52)42-29(17-25-18-39-27-11-7-6-10-26(25)27)38(54)45(5)19-31(48)40-24(3)37(53)44(4)14-15-47(20-32(49)41-28)34(51)21-46-13-9-8-12-33(46)50/h6-7,10-11,18,22-24,28-29,39H,8-9,12-17,19-21H2,1-5H3,(H,40,48)(H,41,49)(H,42,52)/t24-,28-,29+/m0/s1. The minimum absolute atomic E-state index is 0.0112. The van der Waals surface area contributed by atoms with Crippen LogP contribution in [0, 0.1) is 5.92 Å². The molecule has 2 aliphatic rings. The fourth-order valence-electron chi connectivity index (χ4n) is 6.81. The molecule has 5 rings (SSSR count). The summed E-state index contributed by atoms with van der Waals surface area (Å²) in [5, 5.41) is 11.4. The van der Waals surface area contributed by atoms with Gasteiger partial charge in [0.05, 0.1) is 25.7 Å². The molecular formula is C38H51N9O7S. The van der Waals surface area contributed by atoms with Crippen molar-refractivity contribution in [3.8, 4) is 0 Å². The molecule has 0 saturated carbocycles. The first-order valence-corrected chi connectivity index (χ1v) is 19.5. The normalized spacial score (nSPS) is 21.7. The van der Waals surface area contributed by atoms with E-state index in [1.807, 2.05) is 38.1 Å². The molecule has 0 unspecified atom stereocenters. The summed E-state index contributed by atoms with van der Waals surface area (Å²) in [6.45, 7) is 5.05. The number of rotatable bonds is 6. The fourth-order valence-corrected chi connectivity index (χ4v) is 7.68. The number of carbonyl (C=O) groups excluding carboxylic acids is 7. The van der Waals surface area contributed by atoms with Gasteiger partial charge in [-0.2, -0.15) is 0 Å². The summed E-state index contributed by atoms with van der Waals surface area (Å²) in [4.78, 5) is 107. The van der Waals surface area contributed by atoms with E-state index in [9.17, 15) is 33.6 Å². The molecule has 2 aromatic heterocycles. The highest BCUT2D eigenvalue weighted by Gasteiger charge is 2.31. The molecule has 3 atom stereocenters. The maximum absolute atomic E-state index is 13.9. The van der Waals surface area contributed by atoms with Gasteiger partial charge in [-0.05, 0) is 43.7 Å². The third-order valence-electron chi connectivity index (χ3n) is 9.82. The number of thiazole rings is 1. The smallest absolute Gasteiger partial charge is 0.271 e. The van der Waals surface area contributed by atoms with Crippen molar-refractivity contribution in [3.63, 3.8) is 0 Å². The Morgan fingerprint density at radius 2 is 1.64 bits per heavy atom. The summed E-state index contributed by atoms with van der Waals surface area (Å²) in [5.41, 5.74) is 1.71. The van der Waals surface area contributed by atoms with E-state index in [0.29, 0.717) is 24.4 Å². The van der Waals surface area contributed by atoms with Gasteiger partial charge in [0.2, 0.25) is 35.4 Å². The highest BCUT2D eigenvalue weighted by atomic mass is 32.1. The molecule has 17 heteroatoms. The Labute approximate surface area is 324 Å². The first kappa shape index (κ1) is 40.9. The van der Waals surface area contributed by atoms with E-state index in [2.05, 4.69) is 25.9 Å². The van der Waals surface area contributed by atoms with Gasteiger partial charge in [0.1, 0.15) is 22.8 Å². The van der Waals surface area contributed by atoms with Gasteiger partial charge >= 0.3 is 0 Å². The first-order valence-electron chi connectivity index (χ1n) is 18.7. The fraction of sp³-hybridized carbons (Fsp3) is 0.526. The third-order valence-corrected chi connectivity index (χ3v) is 10.8. The molecule has 55 heavy (non-hydrogen) atoms. The van der Waals surface area contributed by atoms with Crippen LogP contribution in [0.3, 0.4) is 0 Å². The molecule has 2 bridgehead atoms. The minimum atomic E-state index is -1.08. The molecule has 4 N–H and O–H groups in total. The van der Waals surface area contributed by atoms with Gasteiger partial charge in [-0.3, -0.25) is 33.6 Å². The van der Waals surface area contributed by atoms with Crippen molar-refractivity contribution in [1.82, 2.24) is 45.5 Å². The second-order valence-corrected chi connectivity index (χ2v) is 15.6. The van der Waals surface area contributed by atoms with E-state index < -0.39 is 53.6 Å². The molecule has 7 amide bonds. The summed E-state index contributed by atoms with van der Waals surface area (Å²) in [5.74, 6) is -3.08. The van der Waals surface area contributed by atoms with Gasteiger partial charge in [-0.15, -0.1) is 11.3 Å². The lowest BCUT2D eigenvalue weighted by Crippen LogP contribution is -2.53. The lowest BCUT2D eigenvalue weighted by molar-refractivity contribution is -0.144. The van der Waals surface area contributed by atoms with Crippen molar-refractivity contribution in [2.75, 3.05) is 53.4 Å². The Morgan fingerprint density at radius 1 is 0.891 bits per heavy atom. The molecule has 1 fully saturated rings. The number of amides is 7. The van der Waals surface area contributed by atoms with Crippen molar-refractivity contribution >= 4 is 63.6 Å². The highest BCUT2D eigenvalue weighted by molar-refractivity contribution is 7.09. The maximum Gasteiger partial charge on any atom is 0.271 e. The van der Waals surface area contributed by atoms with Crippen LogP contribution in [0.4, 0.5) is 0 Å². The summed E-state index contributed by atoms with van der Waals surface area (Å²) in [6.07, 6.45) is 4.27. The van der Waals surface area contributed by atoms with Gasteiger partial charge in [0.25, 0.3) is 5.91 Å². The van der Waals surface area contributed by atoms with Crippen LogP contribution in [-0.4, -0.2) is 136 Å². The molecule has 3 aromatic rings. The predicted molar refractivity (Wildman–Crippen MR) is 206 cm³/mol. The number of likely N-dealkylation sites (tertiary alicyclic amines) is 1. The molecule has 0 radical (unpaired) electrons. The molecule has 0 spiro atoms. The largest absolute Gasteiger partial charge is 0.361 e. The number of piperidine rings is 1. The molecule has 0 aliphatic carbocycles. The number of hydrogen-bond donors (Lipinski definition) is 4. The summed E-state index contributed by atoms with van der Waals surface area (Å²) >= 11 is 1.19. The quantitative estimate of drug-likeness (QED) is 0.289. The van der Waals surface area contributed by atoms with Crippen LogP contribution in [0.5, 0.6) is 0 Å². The van der Waals surface area contributed by atoms with Crippen LogP contribution >= 0.6 is 11.3 Å². The Kier molecular flexibility index (Phi) is 13.6. The zero-order valence-corrected chi connectivity index (χ0v) is 32.9. The van der Waals surface area contributed by atoms with Gasteiger partial charge in [0.15, 0.2) is 0 Å². The SMILES string of the molecule is CC(C)C[C@@H]1NC(=O)CN(C(=O)CN2CCCCC2=O)CCN(C)C(=O)[C@H](C)NC(=O)CN(C)C(=O)[C@@H](Cc2c[nH]c3ccccc23)NC(=O)c2csc1n2. The number of para-hydroxylation sites is 1. The minimum Gasteiger partial charge on any atom is -0.361 e. The van der Waals surface area contributed by atoms with Crippen LogP contribution in [0.2, 0.25) is 0 Å². The van der Waals surface area contributed by atoms with E-state index in [0.717, 1.165) is 29.3 Å². The molecule has 16 nitrogen and oxygen atoms in total. The van der Waals surface area contributed by atoms with E-state index >= 15 is 0 Å². The Morgan fingerprint density at radius 3 is 2.38 bits per heavy atom. The van der Waals surface area contributed by atoms with Crippen LogP contribution < -0.4 is 16.0 Å². The molecule has 296 valence electrons. The molecular weight excluding hydrogens is 727 g/mol. The zero-order chi connectivity index (χ0) is 39.8. The Hall–Kier alpha value is -5.32. The number of H-pyrrole nitrogens is 1. The van der Waals surface area contributed by atoms with E-state index in [1.165, 1.54) is 52.0 Å². The maximum atomic E-state index is 13.9. The van der Waals surface area contributed by atoms with Crippen molar-refractivity contribution in [1.29, 1.82) is 0 Å². The second kappa shape index (κ2) is 18.3. The number of aromatic amines is 1. The van der Waals surface area contributed by atoms with Gasteiger partial charge in [-0.1, -0.05) is 32.0 Å².